The van der Waals surface area contributed by atoms with Crippen LogP contribution in [0.1, 0.15) is 27.0 Å². The summed E-state index contributed by atoms with van der Waals surface area (Å²) in [4.78, 5) is 11.7. The number of benzene rings is 1. The number of carbonyl (C=O) groups excluding carboxylic acids is 1. The quantitative estimate of drug-likeness (QED) is 0.748. The van der Waals surface area contributed by atoms with E-state index in [4.69, 9.17) is 21.1 Å². The van der Waals surface area contributed by atoms with Gasteiger partial charge in [-0.25, -0.2) is 4.79 Å². The minimum Gasteiger partial charge on any atom is -0.496 e. The van der Waals surface area contributed by atoms with Gasteiger partial charge in [-0.15, -0.1) is 0 Å². The van der Waals surface area contributed by atoms with Crippen molar-refractivity contribution in [2.45, 2.75) is 20.8 Å². The van der Waals surface area contributed by atoms with E-state index in [9.17, 15) is 4.79 Å². The average molecular weight is 243 g/mol. The summed E-state index contributed by atoms with van der Waals surface area (Å²) in [5, 5.41) is 0.582. The molecule has 0 atom stereocenters. The first-order valence-corrected chi connectivity index (χ1v) is 5.25. The Hall–Kier alpha value is -1.22. The molecular formula is C12H15ClO3. The second kappa shape index (κ2) is 4.74. The highest BCUT2D eigenvalue weighted by molar-refractivity contribution is 6.32. The molecule has 0 amide bonds. The van der Waals surface area contributed by atoms with Crippen LogP contribution in [-0.4, -0.2) is 20.2 Å². The Labute approximate surface area is 100 Å². The summed E-state index contributed by atoms with van der Waals surface area (Å²) in [5.74, 6) is 0.102. The Bertz CT molecular complexity index is 439. The lowest BCUT2D eigenvalue weighted by Gasteiger charge is -2.16. The van der Waals surface area contributed by atoms with Crippen molar-refractivity contribution in [2.24, 2.45) is 0 Å². The van der Waals surface area contributed by atoms with Gasteiger partial charge in [-0.2, -0.15) is 0 Å². The van der Waals surface area contributed by atoms with Crippen LogP contribution in [0.25, 0.3) is 0 Å². The first-order valence-electron chi connectivity index (χ1n) is 4.87. The number of methoxy groups -OCH3 is 2. The van der Waals surface area contributed by atoms with Crippen LogP contribution in [0.2, 0.25) is 5.02 Å². The Morgan fingerprint density at radius 1 is 1.06 bits per heavy atom. The van der Waals surface area contributed by atoms with Crippen molar-refractivity contribution >= 4 is 17.6 Å². The summed E-state index contributed by atoms with van der Waals surface area (Å²) >= 11 is 6.15. The van der Waals surface area contributed by atoms with Crippen molar-refractivity contribution in [3.05, 3.63) is 27.3 Å². The molecule has 0 radical (unpaired) electrons. The fourth-order valence-electron chi connectivity index (χ4n) is 1.69. The molecule has 0 unspecified atom stereocenters. The monoisotopic (exact) mass is 242 g/mol. The van der Waals surface area contributed by atoms with Gasteiger partial charge >= 0.3 is 5.97 Å². The molecule has 0 saturated heterocycles. The molecule has 0 bridgehead atoms. The third-order valence-corrected chi connectivity index (χ3v) is 3.32. The second-order valence-corrected chi connectivity index (χ2v) is 3.97. The molecule has 0 saturated carbocycles. The number of ether oxygens (including phenoxy) is 2. The minimum absolute atomic E-state index is 0.401. The van der Waals surface area contributed by atoms with Crippen LogP contribution < -0.4 is 4.74 Å². The number of carbonyl (C=O) groups is 1. The molecule has 16 heavy (non-hydrogen) atoms. The van der Waals surface area contributed by atoms with Gasteiger partial charge in [0.2, 0.25) is 0 Å². The Morgan fingerprint density at radius 3 is 2.06 bits per heavy atom. The summed E-state index contributed by atoms with van der Waals surface area (Å²) in [6.45, 7) is 5.55. The van der Waals surface area contributed by atoms with Crippen molar-refractivity contribution in [1.29, 1.82) is 0 Å². The van der Waals surface area contributed by atoms with E-state index in [1.54, 1.807) is 6.92 Å². The zero-order valence-corrected chi connectivity index (χ0v) is 10.9. The number of rotatable bonds is 2. The van der Waals surface area contributed by atoms with Gasteiger partial charge in [0, 0.05) is 5.02 Å². The van der Waals surface area contributed by atoms with E-state index in [0.29, 0.717) is 21.9 Å². The third kappa shape index (κ3) is 1.87. The Morgan fingerprint density at radius 2 is 1.62 bits per heavy atom. The van der Waals surface area contributed by atoms with Crippen LogP contribution in [-0.2, 0) is 4.74 Å². The highest BCUT2D eigenvalue weighted by Gasteiger charge is 2.22. The maximum absolute atomic E-state index is 11.7. The van der Waals surface area contributed by atoms with E-state index >= 15 is 0 Å². The van der Waals surface area contributed by atoms with Gasteiger partial charge in [0.25, 0.3) is 0 Å². The van der Waals surface area contributed by atoms with E-state index < -0.39 is 5.97 Å². The zero-order chi connectivity index (χ0) is 12.5. The molecule has 1 aromatic carbocycles. The SMILES string of the molecule is COC(=O)c1c(C)c(Cl)c(C)c(C)c1OC. The lowest BCUT2D eigenvalue weighted by Crippen LogP contribution is -2.09. The van der Waals surface area contributed by atoms with Crippen LogP contribution in [0.5, 0.6) is 5.75 Å². The van der Waals surface area contributed by atoms with E-state index in [1.807, 2.05) is 13.8 Å². The van der Waals surface area contributed by atoms with Crippen molar-refractivity contribution in [2.75, 3.05) is 14.2 Å². The molecule has 0 aromatic heterocycles. The number of halogens is 1. The molecule has 1 aromatic rings. The van der Waals surface area contributed by atoms with Crippen LogP contribution in [0, 0.1) is 20.8 Å². The van der Waals surface area contributed by atoms with Gasteiger partial charge in [0.15, 0.2) is 0 Å². The summed E-state index contributed by atoms with van der Waals surface area (Å²) in [7, 11) is 2.87. The van der Waals surface area contributed by atoms with Crippen molar-refractivity contribution < 1.29 is 14.3 Å². The summed E-state index contributed by atoms with van der Waals surface area (Å²) in [5.41, 5.74) is 2.87. The van der Waals surface area contributed by atoms with Gasteiger partial charge in [0.1, 0.15) is 11.3 Å². The molecule has 3 nitrogen and oxygen atoms in total. The van der Waals surface area contributed by atoms with Gasteiger partial charge in [-0.3, -0.25) is 0 Å². The summed E-state index contributed by atoms with van der Waals surface area (Å²) < 4.78 is 9.99. The standard InChI is InChI=1S/C12H15ClO3/c1-6-7(2)11(15-4)9(12(14)16-5)8(3)10(6)13/h1-5H3. The molecule has 0 heterocycles. The number of esters is 1. The molecule has 0 aliphatic carbocycles. The lowest BCUT2D eigenvalue weighted by atomic mass is 9.99. The van der Waals surface area contributed by atoms with Crippen LogP contribution >= 0.6 is 11.6 Å². The topological polar surface area (TPSA) is 35.5 Å². The molecule has 88 valence electrons. The predicted molar refractivity (Wildman–Crippen MR) is 63.6 cm³/mol. The highest BCUT2D eigenvalue weighted by atomic mass is 35.5. The Balaban J connectivity index is 3.64. The van der Waals surface area contributed by atoms with Gasteiger partial charge in [-0.1, -0.05) is 11.6 Å². The Kier molecular flexibility index (Phi) is 3.81. The molecule has 0 fully saturated rings. The van der Waals surface area contributed by atoms with Crippen molar-refractivity contribution in [3.8, 4) is 5.75 Å². The first-order chi connectivity index (χ1) is 7.45. The van der Waals surface area contributed by atoms with E-state index in [1.165, 1.54) is 14.2 Å². The maximum Gasteiger partial charge on any atom is 0.341 e. The normalized spacial score (nSPS) is 10.1. The molecule has 0 aliphatic rings. The molecular weight excluding hydrogens is 228 g/mol. The largest absolute Gasteiger partial charge is 0.496 e. The summed E-state index contributed by atoms with van der Waals surface area (Å²) in [6, 6.07) is 0. The third-order valence-electron chi connectivity index (χ3n) is 2.76. The maximum atomic E-state index is 11.7. The smallest absolute Gasteiger partial charge is 0.341 e. The number of hydrogen-bond acceptors (Lipinski definition) is 3. The van der Waals surface area contributed by atoms with Gasteiger partial charge in [0.05, 0.1) is 14.2 Å². The zero-order valence-electron chi connectivity index (χ0n) is 10.1. The second-order valence-electron chi connectivity index (χ2n) is 3.59. The van der Waals surface area contributed by atoms with Crippen LogP contribution in [0.3, 0.4) is 0 Å². The van der Waals surface area contributed by atoms with E-state index in [0.717, 1.165) is 11.1 Å². The molecule has 0 spiro atoms. The average Bonchev–Trinajstić information content (AvgIpc) is 2.29. The highest BCUT2D eigenvalue weighted by Crippen LogP contribution is 2.35. The first kappa shape index (κ1) is 12.8. The van der Waals surface area contributed by atoms with Crippen LogP contribution in [0.15, 0.2) is 0 Å². The minimum atomic E-state index is -0.431. The predicted octanol–water partition coefficient (Wildman–Crippen LogP) is 3.06. The number of hydrogen-bond donors (Lipinski definition) is 0. The van der Waals surface area contributed by atoms with Crippen molar-refractivity contribution in [3.63, 3.8) is 0 Å². The molecule has 4 heteroatoms. The van der Waals surface area contributed by atoms with E-state index in [-0.39, 0.29) is 0 Å². The van der Waals surface area contributed by atoms with Gasteiger partial charge < -0.3 is 9.47 Å². The van der Waals surface area contributed by atoms with E-state index in [2.05, 4.69) is 0 Å². The van der Waals surface area contributed by atoms with Crippen molar-refractivity contribution in [1.82, 2.24) is 0 Å². The molecule has 0 aliphatic heterocycles. The fourth-order valence-corrected chi connectivity index (χ4v) is 1.92. The molecule has 1 rings (SSSR count). The summed E-state index contributed by atoms with van der Waals surface area (Å²) in [6.07, 6.45) is 0. The molecule has 0 N–H and O–H groups in total. The van der Waals surface area contributed by atoms with Crippen LogP contribution in [0.4, 0.5) is 0 Å². The fraction of sp³-hybridized carbons (Fsp3) is 0.417. The lowest BCUT2D eigenvalue weighted by molar-refractivity contribution is 0.0596. The van der Waals surface area contributed by atoms with Gasteiger partial charge in [-0.05, 0) is 37.5 Å².